The number of fused-ring (bicyclic) bond motifs is 3. The van der Waals surface area contributed by atoms with Gasteiger partial charge in [0.25, 0.3) is 5.91 Å². The number of aromatic nitrogens is 1. The molecular weight excluding hydrogens is 608 g/mol. The Morgan fingerprint density at radius 1 is 1.11 bits per heavy atom. The first kappa shape index (κ1) is 29.5. The third-order valence-corrected chi connectivity index (χ3v) is 9.37. The number of para-hydroxylation sites is 1. The highest BCUT2D eigenvalue weighted by Crippen LogP contribution is 2.34. The number of thiazole rings is 1. The number of carbonyl (C=O) groups is 4. The van der Waals surface area contributed by atoms with E-state index in [-0.39, 0.29) is 56.4 Å². The normalized spacial score (nSPS) is 19.5. The number of nitrogens with two attached hydrogens (primary N) is 1. The number of hydrazine groups is 1. The summed E-state index contributed by atoms with van der Waals surface area (Å²) in [4.78, 5) is 61.0. The van der Waals surface area contributed by atoms with Gasteiger partial charge in [0.1, 0.15) is 18.0 Å². The number of urea groups is 1. The minimum Gasteiger partial charge on any atom is -0.482 e. The zero-order valence-corrected chi connectivity index (χ0v) is 25.8. The van der Waals surface area contributed by atoms with E-state index in [9.17, 15) is 19.2 Å². The maximum atomic E-state index is 14.3. The standard InChI is InChI=1S/C32H32N8O5S/c1-37(32(44)34-14-19-6-3-2-4-7-19)39-17-28(42)40-23(13-20-10-11-24-22(12-20)35-26(41)18-45-24)30(43)38(16-27(39)40)15-21-8-5-9-25-29(21)36-31(33)46-25/h2-12,23,27H,13-18H2,1H3,(H2,33,36)(H,34,44)(H,35,41)/t23-,27+/m0/s1. The molecule has 4 heterocycles. The molecule has 0 bridgehead atoms. The molecule has 3 aromatic carbocycles. The first-order valence-corrected chi connectivity index (χ1v) is 15.7. The van der Waals surface area contributed by atoms with Crippen molar-refractivity contribution in [2.24, 2.45) is 0 Å². The number of nitrogen functional groups attached to an aromatic ring is 1. The quantitative estimate of drug-likeness (QED) is 0.279. The van der Waals surface area contributed by atoms with Crippen LogP contribution in [0.3, 0.4) is 0 Å². The lowest BCUT2D eigenvalue weighted by Gasteiger charge is -2.45. The third-order valence-electron chi connectivity index (χ3n) is 8.52. The van der Waals surface area contributed by atoms with Gasteiger partial charge in [-0.05, 0) is 34.9 Å². The van der Waals surface area contributed by atoms with Crippen LogP contribution in [-0.2, 0) is 33.9 Å². The lowest BCUT2D eigenvalue weighted by molar-refractivity contribution is -0.157. The zero-order chi connectivity index (χ0) is 31.9. The number of amides is 5. The van der Waals surface area contributed by atoms with Crippen molar-refractivity contribution in [2.45, 2.75) is 31.7 Å². The molecule has 0 unspecified atom stereocenters. The molecule has 3 aliphatic heterocycles. The molecule has 7 rings (SSSR count). The topological polar surface area (TPSA) is 153 Å². The second kappa shape index (κ2) is 11.9. The van der Waals surface area contributed by atoms with Crippen molar-refractivity contribution in [3.8, 4) is 5.75 Å². The van der Waals surface area contributed by atoms with Crippen molar-refractivity contribution in [1.82, 2.24) is 30.1 Å². The van der Waals surface area contributed by atoms with Crippen LogP contribution in [0.2, 0.25) is 0 Å². The fourth-order valence-corrected chi connectivity index (χ4v) is 7.07. The molecule has 0 radical (unpaired) electrons. The fraction of sp³-hybridized carbons (Fsp3) is 0.281. The maximum absolute atomic E-state index is 14.3. The van der Waals surface area contributed by atoms with Gasteiger partial charge in [-0.15, -0.1) is 0 Å². The van der Waals surface area contributed by atoms with Crippen LogP contribution >= 0.6 is 11.3 Å². The van der Waals surface area contributed by atoms with E-state index in [2.05, 4.69) is 15.6 Å². The predicted octanol–water partition coefficient (Wildman–Crippen LogP) is 2.39. The summed E-state index contributed by atoms with van der Waals surface area (Å²) in [5.74, 6) is -0.198. The van der Waals surface area contributed by atoms with Gasteiger partial charge < -0.3 is 30.9 Å². The van der Waals surface area contributed by atoms with Crippen LogP contribution in [0.15, 0.2) is 66.7 Å². The summed E-state index contributed by atoms with van der Waals surface area (Å²) in [7, 11) is 1.62. The average molecular weight is 641 g/mol. The van der Waals surface area contributed by atoms with Crippen molar-refractivity contribution >= 4 is 56.1 Å². The Morgan fingerprint density at radius 3 is 2.76 bits per heavy atom. The van der Waals surface area contributed by atoms with Gasteiger partial charge in [-0.2, -0.15) is 5.01 Å². The maximum Gasteiger partial charge on any atom is 0.332 e. The van der Waals surface area contributed by atoms with E-state index in [1.807, 2.05) is 54.6 Å². The predicted molar refractivity (Wildman–Crippen MR) is 171 cm³/mol. The Labute approximate surface area is 268 Å². The lowest BCUT2D eigenvalue weighted by atomic mass is 9.99. The van der Waals surface area contributed by atoms with Gasteiger partial charge in [0, 0.05) is 26.6 Å². The van der Waals surface area contributed by atoms with Gasteiger partial charge in [-0.1, -0.05) is 59.9 Å². The number of nitrogens with one attached hydrogen (secondary N) is 2. The Kier molecular flexibility index (Phi) is 7.66. The summed E-state index contributed by atoms with van der Waals surface area (Å²) in [6.07, 6.45) is -0.394. The van der Waals surface area contributed by atoms with Crippen LogP contribution in [0.1, 0.15) is 16.7 Å². The lowest BCUT2D eigenvalue weighted by Crippen LogP contribution is -2.65. The highest BCUT2D eigenvalue weighted by molar-refractivity contribution is 7.22. The Hall–Kier alpha value is -5.21. The van der Waals surface area contributed by atoms with Gasteiger partial charge in [0.15, 0.2) is 11.7 Å². The highest BCUT2D eigenvalue weighted by atomic mass is 32.1. The summed E-state index contributed by atoms with van der Waals surface area (Å²) >= 11 is 1.38. The molecule has 5 amide bonds. The second-order valence-corrected chi connectivity index (χ2v) is 12.5. The minimum atomic E-state index is -0.852. The Balaban J connectivity index is 1.18. The number of anilines is 2. The molecule has 13 nitrogen and oxygen atoms in total. The molecule has 14 heteroatoms. The number of piperazine rings is 1. The highest BCUT2D eigenvalue weighted by Gasteiger charge is 2.51. The molecule has 46 heavy (non-hydrogen) atoms. The largest absolute Gasteiger partial charge is 0.482 e. The molecule has 4 aromatic rings. The number of hydrogen-bond donors (Lipinski definition) is 3. The Morgan fingerprint density at radius 2 is 1.93 bits per heavy atom. The second-order valence-electron chi connectivity index (χ2n) is 11.5. The van der Waals surface area contributed by atoms with Crippen molar-refractivity contribution in [3.63, 3.8) is 0 Å². The minimum absolute atomic E-state index is 0.0634. The van der Waals surface area contributed by atoms with Crippen molar-refractivity contribution in [1.29, 1.82) is 0 Å². The number of rotatable bonds is 7. The molecule has 2 saturated heterocycles. The number of nitrogens with zero attached hydrogens (tertiary/aromatic N) is 5. The molecule has 0 saturated carbocycles. The summed E-state index contributed by atoms with van der Waals surface area (Å²) in [5, 5.41) is 9.30. The van der Waals surface area contributed by atoms with Crippen LogP contribution in [0.25, 0.3) is 10.2 Å². The van der Waals surface area contributed by atoms with Crippen LogP contribution in [0, 0.1) is 0 Å². The molecule has 2 fully saturated rings. The van der Waals surface area contributed by atoms with Gasteiger partial charge >= 0.3 is 6.03 Å². The van der Waals surface area contributed by atoms with Gasteiger partial charge in [0.2, 0.25) is 11.8 Å². The van der Waals surface area contributed by atoms with Gasteiger partial charge in [-0.3, -0.25) is 19.4 Å². The van der Waals surface area contributed by atoms with E-state index < -0.39 is 12.2 Å². The molecular formula is C32H32N8O5S. The SMILES string of the molecule is CN(C(=O)NCc1ccccc1)N1CC(=O)N2[C@@H](Cc3ccc4c(c3)NC(=O)CO4)C(=O)N(Cc3cccc4sc(N)nc34)C[C@@H]21. The number of ether oxygens (including phenoxy) is 1. The molecule has 3 aliphatic rings. The van der Waals surface area contributed by atoms with Gasteiger partial charge in [0.05, 0.1) is 29.0 Å². The monoisotopic (exact) mass is 640 g/mol. The first-order chi connectivity index (χ1) is 22.2. The third kappa shape index (κ3) is 5.56. The summed E-state index contributed by atoms with van der Waals surface area (Å²) in [5.41, 5.74) is 9.79. The van der Waals surface area contributed by atoms with Crippen molar-refractivity contribution in [3.05, 3.63) is 83.4 Å². The van der Waals surface area contributed by atoms with E-state index in [1.54, 1.807) is 34.0 Å². The van der Waals surface area contributed by atoms with Crippen molar-refractivity contribution < 1.29 is 23.9 Å². The van der Waals surface area contributed by atoms with Crippen LogP contribution in [0.4, 0.5) is 15.6 Å². The molecule has 2 atom stereocenters. The molecule has 0 aliphatic carbocycles. The van der Waals surface area contributed by atoms with E-state index >= 15 is 0 Å². The number of carbonyl (C=O) groups excluding carboxylic acids is 4. The van der Waals surface area contributed by atoms with E-state index in [0.29, 0.717) is 23.1 Å². The van der Waals surface area contributed by atoms with E-state index in [0.717, 1.165) is 26.9 Å². The van der Waals surface area contributed by atoms with Crippen LogP contribution in [0.5, 0.6) is 5.75 Å². The van der Waals surface area contributed by atoms with Crippen LogP contribution in [-0.4, -0.2) is 87.5 Å². The Bertz CT molecular complexity index is 1850. The molecule has 1 aromatic heterocycles. The van der Waals surface area contributed by atoms with Gasteiger partial charge in [-0.25, -0.2) is 9.78 Å². The smallest absolute Gasteiger partial charge is 0.332 e. The summed E-state index contributed by atoms with van der Waals surface area (Å²) < 4.78 is 6.42. The molecule has 236 valence electrons. The van der Waals surface area contributed by atoms with E-state index in [4.69, 9.17) is 10.5 Å². The van der Waals surface area contributed by atoms with Crippen molar-refractivity contribution in [2.75, 3.05) is 37.8 Å². The number of hydrogen-bond acceptors (Lipinski definition) is 9. The molecule has 4 N–H and O–H groups in total. The zero-order valence-electron chi connectivity index (χ0n) is 25.0. The first-order valence-electron chi connectivity index (χ1n) is 14.9. The summed E-state index contributed by atoms with van der Waals surface area (Å²) in [6.45, 7) is 0.629. The number of benzene rings is 3. The average Bonchev–Trinajstić information content (AvgIpc) is 3.60. The van der Waals surface area contributed by atoms with E-state index in [1.165, 1.54) is 16.3 Å². The fourth-order valence-electron chi connectivity index (χ4n) is 6.29. The summed E-state index contributed by atoms with van der Waals surface area (Å²) in [6, 6.07) is 19.5. The van der Waals surface area contributed by atoms with Crippen LogP contribution < -0.4 is 21.1 Å². The molecule has 0 spiro atoms.